The summed E-state index contributed by atoms with van der Waals surface area (Å²) in [6.45, 7) is -1.12. The molecule has 1 atom stereocenters. The van der Waals surface area contributed by atoms with Gasteiger partial charge in [-0.3, -0.25) is 15.0 Å². The first-order valence-electron chi connectivity index (χ1n) is 8.66. The summed E-state index contributed by atoms with van der Waals surface area (Å²) in [5.74, 6) is -0.532. The molecule has 0 bridgehead atoms. The molecule has 1 aromatic heterocycles. The Bertz CT molecular complexity index is 872. The van der Waals surface area contributed by atoms with Gasteiger partial charge in [-0.1, -0.05) is 28.1 Å². The summed E-state index contributed by atoms with van der Waals surface area (Å²) in [7, 11) is 0. The molecule has 156 valence electrons. The molecule has 1 N–H and O–H groups in total. The second-order valence-electron chi connectivity index (χ2n) is 6.40. The Hall–Kier alpha value is -2.63. The molecular formula is C17H17BrF3N5O3. The van der Waals surface area contributed by atoms with Gasteiger partial charge < -0.3 is 4.74 Å². The molecule has 1 fully saturated rings. The number of hydrogen-bond donors (Lipinski definition) is 1. The molecule has 1 unspecified atom stereocenters. The van der Waals surface area contributed by atoms with Gasteiger partial charge in [0.2, 0.25) is 11.9 Å². The molecule has 29 heavy (non-hydrogen) atoms. The van der Waals surface area contributed by atoms with Gasteiger partial charge in [-0.2, -0.15) is 13.2 Å². The fourth-order valence-electron chi connectivity index (χ4n) is 2.88. The third-order valence-corrected chi connectivity index (χ3v) is 4.71. The predicted octanol–water partition coefficient (Wildman–Crippen LogP) is 3.19. The van der Waals surface area contributed by atoms with Gasteiger partial charge in [-0.15, -0.1) is 5.10 Å². The third-order valence-electron chi connectivity index (χ3n) is 4.18. The third kappa shape index (κ3) is 5.92. The summed E-state index contributed by atoms with van der Waals surface area (Å²) < 4.78 is 43.4. The SMILES string of the molecule is O=C(Nc1ncn(Cc2ccc(Br)cc2)n1)C1CCCN1C(=O)OCC(F)(F)F. The molecule has 0 saturated carbocycles. The van der Waals surface area contributed by atoms with Crippen LogP contribution in [0.5, 0.6) is 0 Å². The molecule has 1 aromatic carbocycles. The van der Waals surface area contributed by atoms with Gasteiger partial charge >= 0.3 is 12.3 Å². The van der Waals surface area contributed by atoms with E-state index >= 15 is 0 Å². The highest BCUT2D eigenvalue weighted by atomic mass is 79.9. The molecule has 0 spiro atoms. The number of halogens is 4. The standard InChI is InChI=1S/C17H17BrF3N5O3/c18-12-5-3-11(4-6-12)8-25-10-22-15(24-25)23-14(27)13-2-1-7-26(13)16(28)29-9-17(19,20)21/h3-6,10,13H,1-2,7-9H2,(H,23,24,27). The number of rotatable bonds is 5. The number of alkyl halides is 3. The summed E-state index contributed by atoms with van der Waals surface area (Å²) in [5, 5.41) is 6.65. The maximum atomic E-state index is 12.5. The first kappa shape index (κ1) is 21.1. The average Bonchev–Trinajstić information content (AvgIpc) is 3.30. The van der Waals surface area contributed by atoms with Crippen LogP contribution in [0.15, 0.2) is 35.1 Å². The molecule has 0 radical (unpaired) electrons. The largest absolute Gasteiger partial charge is 0.440 e. The first-order chi connectivity index (χ1) is 13.7. The van der Waals surface area contributed by atoms with Crippen molar-refractivity contribution < 1.29 is 27.5 Å². The van der Waals surface area contributed by atoms with Crippen LogP contribution >= 0.6 is 15.9 Å². The monoisotopic (exact) mass is 475 g/mol. The van der Waals surface area contributed by atoms with E-state index < -0.39 is 30.8 Å². The zero-order valence-electron chi connectivity index (χ0n) is 15.0. The Kier molecular flexibility index (Phi) is 6.40. The number of nitrogens with zero attached hydrogens (tertiary/aromatic N) is 4. The lowest BCUT2D eigenvalue weighted by Crippen LogP contribution is -2.44. The zero-order valence-corrected chi connectivity index (χ0v) is 16.6. The van der Waals surface area contributed by atoms with E-state index in [1.54, 1.807) is 0 Å². The van der Waals surface area contributed by atoms with Crippen LogP contribution in [0.1, 0.15) is 18.4 Å². The topological polar surface area (TPSA) is 89.4 Å². The molecule has 1 aliphatic rings. The number of amides is 2. The zero-order chi connectivity index (χ0) is 21.0. The quantitative estimate of drug-likeness (QED) is 0.717. The maximum absolute atomic E-state index is 12.5. The Morgan fingerprint density at radius 1 is 1.28 bits per heavy atom. The fourth-order valence-corrected chi connectivity index (χ4v) is 3.15. The molecule has 1 aliphatic heterocycles. The van der Waals surface area contributed by atoms with E-state index in [2.05, 4.69) is 36.1 Å². The minimum absolute atomic E-state index is 0.0441. The minimum Gasteiger partial charge on any atom is -0.440 e. The van der Waals surface area contributed by atoms with Crippen molar-refractivity contribution in [2.75, 3.05) is 18.5 Å². The molecule has 8 nitrogen and oxygen atoms in total. The number of likely N-dealkylation sites (tertiary alicyclic amines) is 1. The van der Waals surface area contributed by atoms with Crippen LogP contribution in [0.2, 0.25) is 0 Å². The molecule has 1 saturated heterocycles. The van der Waals surface area contributed by atoms with E-state index in [0.717, 1.165) is 14.9 Å². The second kappa shape index (κ2) is 8.80. The number of carbonyl (C=O) groups excluding carboxylic acids is 2. The highest BCUT2D eigenvalue weighted by Crippen LogP contribution is 2.21. The van der Waals surface area contributed by atoms with Crippen LogP contribution in [0.25, 0.3) is 0 Å². The second-order valence-corrected chi connectivity index (χ2v) is 7.32. The molecule has 2 heterocycles. The lowest BCUT2D eigenvalue weighted by Gasteiger charge is -2.23. The fraction of sp³-hybridized carbons (Fsp3) is 0.412. The number of aromatic nitrogens is 3. The number of ether oxygens (including phenoxy) is 1. The maximum Gasteiger partial charge on any atom is 0.422 e. The highest BCUT2D eigenvalue weighted by Gasteiger charge is 2.37. The average molecular weight is 476 g/mol. The van der Waals surface area contributed by atoms with Gasteiger partial charge in [0.1, 0.15) is 12.4 Å². The van der Waals surface area contributed by atoms with Crippen molar-refractivity contribution in [1.82, 2.24) is 19.7 Å². The number of nitrogens with one attached hydrogen (secondary N) is 1. The number of benzene rings is 1. The first-order valence-corrected chi connectivity index (χ1v) is 9.45. The van der Waals surface area contributed by atoms with Gasteiger partial charge in [0.15, 0.2) is 6.61 Å². The van der Waals surface area contributed by atoms with Crippen LogP contribution in [0.3, 0.4) is 0 Å². The van der Waals surface area contributed by atoms with Crippen molar-refractivity contribution >= 4 is 33.9 Å². The van der Waals surface area contributed by atoms with Crippen LogP contribution in [-0.2, 0) is 16.1 Å². The molecule has 3 rings (SSSR count). The van der Waals surface area contributed by atoms with Crippen molar-refractivity contribution in [2.24, 2.45) is 0 Å². The number of hydrogen-bond acceptors (Lipinski definition) is 5. The normalized spacial score (nSPS) is 16.7. The van der Waals surface area contributed by atoms with E-state index in [9.17, 15) is 22.8 Å². The number of anilines is 1. The summed E-state index contributed by atoms with van der Waals surface area (Å²) >= 11 is 3.35. The van der Waals surface area contributed by atoms with Crippen LogP contribution in [0.4, 0.5) is 23.9 Å². The van der Waals surface area contributed by atoms with Crippen LogP contribution < -0.4 is 5.32 Å². The lowest BCUT2D eigenvalue weighted by molar-refractivity contribution is -0.162. The minimum atomic E-state index is -4.63. The molecule has 2 aromatic rings. The summed E-state index contributed by atoms with van der Waals surface area (Å²) in [6, 6.07) is 6.66. The van der Waals surface area contributed by atoms with Crippen molar-refractivity contribution in [2.45, 2.75) is 31.6 Å². The van der Waals surface area contributed by atoms with Crippen molar-refractivity contribution in [1.29, 1.82) is 0 Å². The van der Waals surface area contributed by atoms with Gasteiger partial charge in [0.05, 0.1) is 6.54 Å². The van der Waals surface area contributed by atoms with Crippen LogP contribution in [-0.4, -0.2) is 57.0 Å². The van der Waals surface area contributed by atoms with Crippen molar-refractivity contribution in [3.05, 3.63) is 40.6 Å². The van der Waals surface area contributed by atoms with Gasteiger partial charge in [0.25, 0.3) is 0 Å². The van der Waals surface area contributed by atoms with E-state index in [-0.39, 0.29) is 12.5 Å². The van der Waals surface area contributed by atoms with Crippen molar-refractivity contribution in [3.63, 3.8) is 0 Å². The van der Waals surface area contributed by atoms with E-state index in [1.165, 1.54) is 11.0 Å². The Morgan fingerprint density at radius 3 is 2.69 bits per heavy atom. The number of carbonyl (C=O) groups is 2. The van der Waals surface area contributed by atoms with E-state index in [1.807, 2.05) is 24.3 Å². The smallest absolute Gasteiger partial charge is 0.422 e. The van der Waals surface area contributed by atoms with Gasteiger partial charge in [0, 0.05) is 11.0 Å². The summed E-state index contributed by atoms with van der Waals surface area (Å²) in [6.07, 6.45) is -3.56. The summed E-state index contributed by atoms with van der Waals surface area (Å²) in [5.41, 5.74) is 0.977. The Balaban J connectivity index is 1.57. The predicted molar refractivity (Wildman–Crippen MR) is 99.0 cm³/mol. The van der Waals surface area contributed by atoms with Gasteiger partial charge in [-0.05, 0) is 30.5 Å². The summed E-state index contributed by atoms with van der Waals surface area (Å²) in [4.78, 5) is 29.3. The molecule has 12 heteroatoms. The van der Waals surface area contributed by atoms with Crippen LogP contribution in [0, 0.1) is 0 Å². The lowest BCUT2D eigenvalue weighted by atomic mass is 10.2. The Morgan fingerprint density at radius 2 is 2.00 bits per heavy atom. The molecule has 2 amide bonds. The molecular weight excluding hydrogens is 459 g/mol. The van der Waals surface area contributed by atoms with Gasteiger partial charge in [-0.25, -0.2) is 14.5 Å². The van der Waals surface area contributed by atoms with E-state index in [4.69, 9.17) is 0 Å². The Labute approximate surface area is 172 Å². The molecule has 0 aliphatic carbocycles. The highest BCUT2D eigenvalue weighted by molar-refractivity contribution is 9.10. The van der Waals surface area contributed by atoms with Crippen molar-refractivity contribution in [3.8, 4) is 0 Å². The van der Waals surface area contributed by atoms with E-state index in [0.29, 0.717) is 19.4 Å².